The van der Waals surface area contributed by atoms with Gasteiger partial charge in [-0.2, -0.15) is 9.61 Å². The highest BCUT2D eigenvalue weighted by Gasteiger charge is 2.10. The molecule has 0 saturated heterocycles. The third-order valence-corrected chi connectivity index (χ3v) is 3.56. The predicted octanol–water partition coefficient (Wildman–Crippen LogP) is 1.42. The van der Waals surface area contributed by atoms with E-state index in [0.717, 1.165) is 5.56 Å². The van der Waals surface area contributed by atoms with Crippen molar-refractivity contribution in [2.24, 2.45) is 5.73 Å². The number of benzene rings is 1. The summed E-state index contributed by atoms with van der Waals surface area (Å²) in [6.45, 7) is 0.204. The van der Waals surface area contributed by atoms with Gasteiger partial charge in [0.2, 0.25) is 4.96 Å². The quantitative estimate of drug-likeness (QED) is 0.768. The summed E-state index contributed by atoms with van der Waals surface area (Å²) < 4.78 is 14.1. The Balaban J connectivity index is 2.18. The van der Waals surface area contributed by atoms with Crippen LogP contribution >= 0.6 is 11.3 Å². The molecule has 0 fully saturated rings. The molecule has 3 rings (SSSR count). The monoisotopic (exact) mass is 276 g/mol. The van der Waals surface area contributed by atoms with Gasteiger partial charge in [0.1, 0.15) is 10.8 Å². The van der Waals surface area contributed by atoms with Crippen LogP contribution in [0.5, 0.6) is 0 Å². The highest BCUT2D eigenvalue weighted by atomic mass is 32.1. The van der Waals surface area contributed by atoms with Crippen LogP contribution in [0.15, 0.2) is 35.1 Å². The fourth-order valence-electron chi connectivity index (χ4n) is 1.67. The van der Waals surface area contributed by atoms with E-state index in [1.165, 1.54) is 34.1 Å². The highest BCUT2D eigenvalue weighted by molar-refractivity contribution is 7.19. The van der Waals surface area contributed by atoms with Crippen LogP contribution in [0.4, 0.5) is 4.39 Å². The molecule has 0 bridgehead atoms. The number of fused-ring (bicyclic) bond motifs is 1. The highest BCUT2D eigenvalue weighted by Crippen LogP contribution is 2.24. The second kappa shape index (κ2) is 4.52. The SMILES string of the molecule is NCc1cc(=O)n2nc(-c3ccc(F)cc3)sc2n1. The number of nitrogens with zero attached hydrogens (tertiary/aromatic N) is 3. The van der Waals surface area contributed by atoms with Crippen molar-refractivity contribution in [3.8, 4) is 10.6 Å². The Bertz CT molecular complexity index is 794. The molecule has 2 N–H and O–H groups in total. The Morgan fingerprint density at radius 3 is 2.74 bits per heavy atom. The minimum Gasteiger partial charge on any atom is -0.325 e. The molecule has 2 heterocycles. The molecule has 2 aromatic heterocycles. The summed E-state index contributed by atoms with van der Waals surface area (Å²) >= 11 is 1.26. The van der Waals surface area contributed by atoms with Gasteiger partial charge in [0.15, 0.2) is 0 Å². The summed E-state index contributed by atoms with van der Waals surface area (Å²) in [7, 11) is 0. The van der Waals surface area contributed by atoms with Crippen LogP contribution in [0.25, 0.3) is 15.5 Å². The summed E-state index contributed by atoms with van der Waals surface area (Å²) in [5, 5.41) is 4.79. The van der Waals surface area contributed by atoms with Gasteiger partial charge in [-0.05, 0) is 24.3 Å². The topological polar surface area (TPSA) is 73.3 Å². The normalized spacial score (nSPS) is 11.1. The van der Waals surface area contributed by atoms with Crippen molar-refractivity contribution in [2.45, 2.75) is 6.54 Å². The van der Waals surface area contributed by atoms with Crippen LogP contribution < -0.4 is 11.3 Å². The van der Waals surface area contributed by atoms with Crippen molar-refractivity contribution in [3.05, 3.63) is 52.2 Å². The van der Waals surface area contributed by atoms with E-state index >= 15 is 0 Å². The Morgan fingerprint density at radius 2 is 2.05 bits per heavy atom. The average molecular weight is 276 g/mol. The number of hydrogen-bond donors (Lipinski definition) is 1. The molecule has 96 valence electrons. The first-order valence-electron chi connectivity index (χ1n) is 5.53. The molecule has 0 radical (unpaired) electrons. The number of halogens is 1. The van der Waals surface area contributed by atoms with Crippen molar-refractivity contribution in [1.29, 1.82) is 0 Å². The van der Waals surface area contributed by atoms with Gasteiger partial charge >= 0.3 is 0 Å². The molecule has 7 heteroatoms. The van der Waals surface area contributed by atoms with Crippen LogP contribution in [0.1, 0.15) is 5.69 Å². The Labute approximate surface area is 111 Å². The van der Waals surface area contributed by atoms with Crippen molar-refractivity contribution in [1.82, 2.24) is 14.6 Å². The zero-order valence-corrected chi connectivity index (χ0v) is 10.5. The Hall–Kier alpha value is -2.12. The van der Waals surface area contributed by atoms with Crippen molar-refractivity contribution in [2.75, 3.05) is 0 Å². The lowest BCUT2D eigenvalue weighted by atomic mass is 10.2. The van der Waals surface area contributed by atoms with Gasteiger partial charge in [0.25, 0.3) is 5.56 Å². The van der Waals surface area contributed by atoms with Gasteiger partial charge in [0.05, 0.1) is 5.69 Å². The Kier molecular flexibility index (Phi) is 2.84. The van der Waals surface area contributed by atoms with E-state index in [4.69, 9.17) is 5.73 Å². The lowest BCUT2D eigenvalue weighted by Gasteiger charge is -1.94. The van der Waals surface area contributed by atoms with Crippen LogP contribution in [-0.2, 0) is 6.54 Å². The average Bonchev–Trinajstić information content (AvgIpc) is 2.84. The smallest absolute Gasteiger partial charge is 0.275 e. The molecule has 5 nitrogen and oxygen atoms in total. The molecule has 0 atom stereocenters. The van der Waals surface area contributed by atoms with Gasteiger partial charge in [0, 0.05) is 18.2 Å². The molecule has 0 unspecified atom stereocenters. The molecule has 3 aromatic rings. The zero-order valence-electron chi connectivity index (χ0n) is 9.71. The third kappa shape index (κ3) is 2.13. The van der Waals surface area contributed by atoms with Crippen molar-refractivity contribution < 1.29 is 4.39 Å². The van der Waals surface area contributed by atoms with E-state index in [1.807, 2.05) is 0 Å². The maximum atomic E-state index is 12.9. The largest absolute Gasteiger partial charge is 0.325 e. The van der Waals surface area contributed by atoms with Crippen LogP contribution in [-0.4, -0.2) is 14.6 Å². The van der Waals surface area contributed by atoms with Crippen molar-refractivity contribution in [3.63, 3.8) is 0 Å². The molecule has 19 heavy (non-hydrogen) atoms. The third-order valence-electron chi connectivity index (χ3n) is 2.60. The maximum absolute atomic E-state index is 12.9. The first kappa shape index (κ1) is 11.9. The summed E-state index contributed by atoms with van der Waals surface area (Å²) in [6, 6.07) is 7.29. The molecular weight excluding hydrogens is 267 g/mol. The van der Waals surface area contributed by atoms with E-state index in [-0.39, 0.29) is 17.9 Å². The van der Waals surface area contributed by atoms with Crippen molar-refractivity contribution >= 4 is 16.3 Å². The van der Waals surface area contributed by atoms with E-state index in [9.17, 15) is 9.18 Å². The number of rotatable bonds is 2. The van der Waals surface area contributed by atoms with E-state index in [0.29, 0.717) is 15.7 Å². The molecule has 0 amide bonds. The number of hydrogen-bond acceptors (Lipinski definition) is 5. The molecular formula is C12H9FN4OS. The van der Waals surface area contributed by atoms with Gasteiger partial charge in [-0.3, -0.25) is 4.79 Å². The summed E-state index contributed by atoms with van der Waals surface area (Å²) in [5.41, 5.74) is 6.48. The molecule has 0 spiro atoms. The van der Waals surface area contributed by atoms with Gasteiger partial charge < -0.3 is 5.73 Å². The summed E-state index contributed by atoms with van der Waals surface area (Å²) in [5.74, 6) is -0.314. The van der Waals surface area contributed by atoms with Gasteiger partial charge in [-0.25, -0.2) is 9.37 Å². The minimum absolute atomic E-state index is 0.204. The zero-order chi connectivity index (χ0) is 13.4. The molecule has 0 saturated carbocycles. The van der Waals surface area contributed by atoms with E-state index in [1.54, 1.807) is 12.1 Å². The minimum atomic E-state index is -0.314. The summed E-state index contributed by atoms with van der Waals surface area (Å²) in [6.07, 6.45) is 0. The molecule has 1 aromatic carbocycles. The molecule has 0 aliphatic rings. The van der Waals surface area contributed by atoms with Crippen LogP contribution in [0, 0.1) is 5.82 Å². The van der Waals surface area contributed by atoms with Crippen LogP contribution in [0.2, 0.25) is 0 Å². The molecule has 0 aliphatic heterocycles. The fraction of sp³-hybridized carbons (Fsp3) is 0.0833. The lowest BCUT2D eigenvalue weighted by molar-refractivity contribution is 0.628. The maximum Gasteiger partial charge on any atom is 0.275 e. The fourth-order valence-corrected chi connectivity index (χ4v) is 2.60. The second-order valence-electron chi connectivity index (χ2n) is 3.90. The first-order valence-corrected chi connectivity index (χ1v) is 6.35. The standard InChI is InChI=1S/C12H9FN4OS/c13-8-3-1-7(2-4-8)11-16-17-10(18)5-9(6-14)15-12(17)19-11/h1-5H,6,14H2. The first-order chi connectivity index (χ1) is 9.17. The summed E-state index contributed by atoms with van der Waals surface area (Å²) in [4.78, 5) is 16.5. The molecule has 0 aliphatic carbocycles. The predicted molar refractivity (Wildman–Crippen MR) is 70.4 cm³/mol. The van der Waals surface area contributed by atoms with Crippen LogP contribution in [0.3, 0.4) is 0 Å². The number of aromatic nitrogens is 3. The van der Waals surface area contributed by atoms with Gasteiger partial charge in [-0.15, -0.1) is 0 Å². The second-order valence-corrected chi connectivity index (χ2v) is 4.85. The lowest BCUT2D eigenvalue weighted by Crippen LogP contribution is -2.16. The Morgan fingerprint density at radius 1 is 1.32 bits per heavy atom. The van der Waals surface area contributed by atoms with Gasteiger partial charge in [-0.1, -0.05) is 11.3 Å². The van der Waals surface area contributed by atoms with E-state index < -0.39 is 0 Å². The number of nitrogens with two attached hydrogens (primary N) is 1. The van der Waals surface area contributed by atoms with E-state index in [2.05, 4.69) is 10.1 Å².